The van der Waals surface area contributed by atoms with Crippen molar-refractivity contribution >= 4 is 6.03 Å². The molecule has 4 aliphatic carbocycles. The monoisotopic (exact) mass is 412 g/mol. The van der Waals surface area contributed by atoms with E-state index in [2.05, 4.69) is 50.5 Å². The predicted molar refractivity (Wildman–Crippen MR) is 122 cm³/mol. The zero-order chi connectivity index (χ0) is 21.4. The van der Waals surface area contributed by atoms with Gasteiger partial charge in [-0.1, -0.05) is 32.9 Å². The summed E-state index contributed by atoms with van der Waals surface area (Å²) >= 11 is 0. The molecule has 1 atom stereocenters. The van der Waals surface area contributed by atoms with E-state index in [1.165, 1.54) is 44.1 Å². The van der Waals surface area contributed by atoms with Crippen LogP contribution in [0.4, 0.5) is 4.79 Å². The summed E-state index contributed by atoms with van der Waals surface area (Å²) in [6.07, 6.45) is 9.10. The van der Waals surface area contributed by atoms with Crippen molar-refractivity contribution in [2.45, 2.75) is 84.1 Å². The van der Waals surface area contributed by atoms with Gasteiger partial charge in [0.05, 0.1) is 6.61 Å². The number of carbonyl (C=O) groups excluding carboxylic acids is 1. The van der Waals surface area contributed by atoms with Crippen LogP contribution in [0.25, 0.3) is 0 Å². The van der Waals surface area contributed by atoms with Crippen molar-refractivity contribution in [3.63, 3.8) is 0 Å². The minimum Gasteiger partial charge on any atom is -0.494 e. The molecule has 0 aliphatic heterocycles. The first-order valence-corrected chi connectivity index (χ1v) is 12.0. The highest BCUT2D eigenvalue weighted by Gasteiger charge is 2.53. The van der Waals surface area contributed by atoms with Crippen LogP contribution in [0.1, 0.15) is 78.2 Å². The molecule has 0 radical (unpaired) electrons. The van der Waals surface area contributed by atoms with Gasteiger partial charge in [0.25, 0.3) is 0 Å². The van der Waals surface area contributed by atoms with Crippen molar-refractivity contribution in [3.8, 4) is 5.75 Å². The van der Waals surface area contributed by atoms with E-state index in [0.29, 0.717) is 18.6 Å². The molecule has 0 aromatic heterocycles. The highest BCUT2D eigenvalue weighted by Crippen LogP contribution is 2.61. The molecule has 0 spiro atoms. The Hall–Kier alpha value is -1.71. The van der Waals surface area contributed by atoms with Crippen LogP contribution in [0.5, 0.6) is 5.75 Å². The molecule has 0 saturated heterocycles. The lowest BCUT2D eigenvalue weighted by Crippen LogP contribution is -2.57. The Kier molecular flexibility index (Phi) is 6.05. The second kappa shape index (κ2) is 8.43. The molecule has 4 fully saturated rings. The first-order valence-electron chi connectivity index (χ1n) is 12.0. The molecule has 2 amide bonds. The average molecular weight is 413 g/mol. The van der Waals surface area contributed by atoms with Gasteiger partial charge in [0, 0.05) is 12.6 Å². The van der Waals surface area contributed by atoms with Gasteiger partial charge >= 0.3 is 6.03 Å². The van der Waals surface area contributed by atoms with Crippen LogP contribution in [-0.2, 0) is 5.41 Å². The van der Waals surface area contributed by atoms with E-state index < -0.39 is 0 Å². The minimum absolute atomic E-state index is 0.0206. The summed E-state index contributed by atoms with van der Waals surface area (Å²) in [6.45, 7) is 10.1. The number of hydrogen-bond donors (Lipinski definition) is 2. The van der Waals surface area contributed by atoms with Crippen LogP contribution in [0.2, 0.25) is 0 Å². The Morgan fingerprint density at radius 2 is 1.63 bits per heavy atom. The van der Waals surface area contributed by atoms with Crippen LogP contribution in [0.3, 0.4) is 0 Å². The van der Waals surface area contributed by atoms with Gasteiger partial charge in [-0.05, 0) is 98.1 Å². The maximum atomic E-state index is 12.4. The highest BCUT2D eigenvalue weighted by atomic mass is 16.5. The number of hydrogen-bond acceptors (Lipinski definition) is 2. The van der Waals surface area contributed by atoms with E-state index in [1.807, 2.05) is 12.1 Å². The molecule has 1 aromatic carbocycles. The van der Waals surface area contributed by atoms with Gasteiger partial charge < -0.3 is 15.4 Å². The van der Waals surface area contributed by atoms with Crippen LogP contribution >= 0.6 is 0 Å². The van der Waals surface area contributed by atoms with Crippen molar-refractivity contribution in [1.82, 2.24) is 10.6 Å². The third-order valence-corrected chi connectivity index (χ3v) is 7.95. The smallest absolute Gasteiger partial charge is 0.315 e. The van der Waals surface area contributed by atoms with Gasteiger partial charge in [0.15, 0.2) is 0 Å². The number of amides is 2. The summed E-state index contributed by atoms with van der Waals surface area (Å²) in [5.74, 6) is 3.64. The summed E-state index contributed by atoms with van der Waals surface area (Å²) in [4.78, 5) is 12.4. The van der Waals surface area contributed by atoms with E-state index in [9.17, 15) is 4.79 Å². The number of carbonyl (C=O) groups is 1. The fourth-order valence-electron chi connectivity index (χ4n) is 6.62. The highest BCUT2D eigenvalue weighted by molar-refractivity contribution is 5.74. The van der Waals surface area contributed by atoms with Gasteiger partial charge in [-0.2, -0.15) is 0 Å². The maximum absolute atomic E-state index is 12.4. The van der Waals surface area contributed by atoms with Crippen molar-refractivity contribution < 1.29 is 9.53 Å². The lowest BCUT2D eigenvalue weighted by molar-refractivity contribution is -0.0682. The summed E-state index contributed by atoms with van der Waals surface area (Å²) < 4.78 is 5.83. The fourth-order valence-corrected chi connectivity index (χ4v) is 6.62. The molecule has 4 saturated carbocycles. The van der Waals surface area contributed by atoms with Gasteiger partial charge in [-0.3, -0.25) is 0 Å². The van der Waals surface area contributed by atoms with Gasteiger partial charge in [-0.15, -0.1) is 0 Å². The Balaban J connectivity index is 1.15. The van der Waals surface area contributed by atoms with E-state index in [1.54, 1.807) is 0 Å². The standard InChI is InChI=1S/C26H40N2O2/c1-18(26-15-19-12-20(16-26)14-21(13-19)17-26)28-24(29)27-10-5-11-30-23-8-6-22(7-9-23)25(2,3)4/h6-9,18-21H,5,10-17H2,1-4H3,(H2,27,28,29). The topological polar surface area (TPSA) is 50.4 Å². The number of benzene rings is 1. The molecule has 1 aromatic rings. The number of nitrogens with one attached hydrogen (secondary N) is 2. The largest absolute Gasteiger partial charge is 0.494 e. The third-order valence-electron chi connectivity index (χ3n) is 7.95. The van der Waals surface area contributed by atoms with Crippen LogP contribution < -0.4 is 15.4 Å². The van der Waals surface area contributed by atoms with Crippen molar-refractivity contribution in [1.29, 1.82) is 0 Å². The van der Waals surface area contributed by atoms with E-state index in [0.717, 1.165) is 29.9 Å². The molecular weight excluding hydrogens is 372 g/mol. The molecule has 4 heteroatoms. The van der Waals surface area contributed by atoms with E-state index in [-0.39, 0.29) is 17.5 Å². The molecule has 4 nitrogen and oxygen atoms in total. The molecule has 4 bridgehead atoms. The van der Waals surface area contributed by atoms with Gasteiger partial charge in [0.2, 0.25) is 0 Å². The molecule has 0 heterocycles. The first-order chi connectivity index (χ1) is 14.2. The normalized spacial score (nSPS) is 30.7. The van der Waals surface area contributed by atoms with Crippen LogP contribution in [-0.4, -0.2) is 25.2 Å². The van der Waals surface area contributed by atoms with Crippen LogP contribution in [0, 0.1) is 23.2 Å². The second-order valence-electron chi connectivity index (χ2n) is 11.4. The lowest BCUT2D eigenvalue weighted by Gasteiger charge is -2.59. The third kappa shape index (κ3) is 4.78. The Morgan fingerprint density at radius 3 is 2.17 bits per heavy atom. The molecule has 30 heavy (non-hydrogen) atoms. The Bertz CT molecular complexity index is 699. The maximum Gasteiger partial charge on any atom is 0.315 e. The van der Waals surface area contributed by atoms with Crippen molar-refractivity contribution in [2.24, 2.45) is 23.2 Å². The number of ether oxygens (including phenoxy) is 1. The Labute approximate surface area is 182 Å². The van der Waals surface area contributed by atoms with Gasteiger partial charge in [0.1, 0.15) is 5.75 Å². The average Bonchev–Trinajstić information content (AvgIpc) is 2.66. The summed E-state index contributed by atoms with van der Waals surface area (Å²) in [6, 6.07) is 8.58. The van der Waals surface area contributed by atoms with Crippen molar-refractivity contribution in [2.75, 3.05) is 13.2 Å². The van der Waals surface area contributed by atoms with E-state index >= 15 is 0 Å². The molecule has 1 unspecified atom stereocenters. The first kappa shape index (κ1) is 21.5. The van der Waals surface area contributed by atoms with Gasteiger partial charge in [-0.25, -0.2) is 4.79 Å². The summed E-state index contributed by atoms with van der Waals surface area (Å²) in [5.41, 5.74) is 1.82. The molecular formula is C26H40N2O2. The number of rotatable bonds is 7. The zero-order valence-electron chi connectivity index (χ0n) is 19.3. The molecule has 5 rings (SSSR count). The van der Waals surface area contributed by atoms with Crippen molar-refractivity contribution in [3.05, 3.63) is 29.8 Å². The summed E-state index contributed by atoms with van der Waals surface area (Å²) in [7, 11) is 0. The predicted octanol–water partition coefficient (Wildman–Crippen LogP) is 5.66. The Morgan fingerprint density at radius 1 is 1.07 bits per heavy atom. The molecule has 166 valence electrons. The second-order valence-corrected chi connectivity index (χ2v) is 11.4. The summed E-state index contributed by atoms with van der Waals surface area (Å²) in [5, 5.41) is 6.31. The quantitative estimate of drug-likeness (QED) is 0.568. The minimum atomic E-state index is -0.0206. The van der Waals surface area contributed by atoms with Crippen LogP contribution in [0.15, 0.2) is 24.3 Å². The fraction of sp³-hybridized carbons (Fsp3) is 0.731. The number of urea groups is 1. The molecule has 2 N–H and O–H groups in total. The SMILES string of the molecule is CC(NC(=O)NCCCOc1ccc(C(C)(C)C)cc1)C12CC3CC(CC(C3)C1)C2. The molecule has 4 aliphatic rings. The van der Waals surface area contributed by atoms with E-state index in [4.69, 9.17) is 4.74 Å². The zero-order valence-corrected chi connectivity index (χ0v) is 19.3. The lowest BCUT2D eigenvalue weighted by atomic mass is 9.48.